The highest BCUT2D eigenvalue weighted by molar-refractivity contribution is 5.19. The van der Waals surface area contributed by atoms with Crippen molar-refractivity contribution in [2.75, 3.05) is 20.3 Å². The molecule has 4 nitrogen and oxygen atoms in total. The number of hydrogen-bond acceptors (Lipinski definition) is 4. The summed E-state index contributed by atoms with van der Waals surface area (Å²) >= 11 is 0. The summed E-state index contributed by atoms with van der Waals surface area (Å²) in [4.78, 5) is 0. The molecule has 4 heteroatoms. The van der Waals surface area contributed by atoms with Crippen molar-refractivity contribution in [2.24, 2.45) is 0 Å². The number of ether oxygens (including phenoxy) is 2. The van der Waals surface area contributed by atoms with Gasteiger partial charge in [-0.25, -0.2) is 0 Å². The third-order valence-electron chi connectivity index (χ3n) is 3.46. The predicted octanol–water partition coefficient (Wildman–Crippen LogP) is 3.42. The van der Waals surface area contributed by atoms with Gasteiger partial charge in [0.15, 0.2) is 0 Å². The fraction of sp³-hybridized carbons (Fsp3) is 0.750. The highest BCUT2D eigenvalue weighted by Crippen LogP contribution is 2.17. The number of aryl methyl sites for hydroxylation is 1. The number of rotatable bonds is 10. The van der Waals surface area contributed by atoms with Gasteiger partial charge < -0.3 is 19.2 Å². The summed E-state index contributed by atoms with van der Waals surface area (Å²) in [5.74, 6) is 1.93. The summed E-state index contributed by atoms with van der Waals surface area (Å²) in [5, 5.41) is 3.34. The minimum atomic E-state index is -0.124. The van der Waals surface area contributed by atoms with Crippen LogP contribution in [0.15, 0.2) is 10.5 Å². The van der Waals surface area contributed by atoms with E-state index in [9.17, 15) is 0 Å². The second-order valence-corrected chi connectivity index (χ2v) is 5.74. The van der Waals surface area contributed by atoms with Gasteiger partial charge in [0.25, 0.3) is 0 Å². The topological polar surface area (TPSA) is 43.6 Å². The lowest BCUT2D eigenvalue weighted by Gasteiger charge is -2.22. The average Bonchev–Trinajstić information content (AvgIpc) is 2.76. The van der Waals surface area contributed by atoms with Crippen molar-refractivity contribution in [3.8, 4) is 0 Å². The van der Waals surface area contributed by atoms with Crippen LogP contribution < -0.4 is 5.32 Å². The van der Waals surface area contributed by atoms with Gasteiger partial charge in [0, 0.05) is 19.3 Å². The van der Waals surface area contributed by atoms with Gasteiger partial charge in [-0.2, -0.15) is 0 Å². The molecule has 0 aromatic carbocycles. The van der Waals surface area contributed by atoms with E-state index >= 15 is 0 Å². The second kappa shape index (κ2) is 8.45. The minimum absolute atomic E-state index is 0.124. The van der Waals surface area contributed by atoms with Crippen molar-refractivity contribution in [1.82, 2.24) is 5.32 Å². The van der Waals surface area contributed by atoms with E-state index < -0.39 is 0 Å². The van der Waals surface area contributed by atoms with Gasteiger partial charge in [-0.15, -0.1) is 0 Å². The molecule has 1 N–H and O–H groups in total. The summed E-state index contributed by atoms with van der Waals surface area (Å²) in [6.07, 6.45) is 2.01. The molecule has 0 atom stereocenters. The first-order valence-electron chi connectivity index (χ1n) is 7.40. The monoisotopic (exact) mass is 283 g/mol. The fourth-order valence-electron chi connectivity index (χ4n) is 1.81. The largest absolute Gasteiger partial charge is 0.465 e. The lowest BCUT2D eigenvalue weighted by atomic mass is 10.1. The summed E-state index contributed by atoms with van der Waals surface area (Å²) in [7, 11) is 1.73. The van der Waals surface area contributed by atoms with Crippen LogP contribution in [0.25, 0.3) is 0 Å². The molecular formula is C16H29NO3. The van der Waals surface area contributed by atoms with E-state index in [1.165, 1.54) is 0 Å². The van der Waals surface area contributed by atoms with Crippen molar-refractivity contribution in [2.45, 2.75) is 59.3 Å². The molecule has 0 amide bonds. The maximum atomic E-state index is 5.72. The van der Waals surface area contributed by atoms with Gasteiger partial charge in [-0.3, -0.25) is 0 Å². The second-order valence-electron chi connectivity index (χ2n) is 5.74. The molecule has 0 fully saturated rings. The molecule has 0 saturated carbocycles. The molecule has 116 valence electrons. The van der Waals surface area contributed by atoms with E-state index in [4.69, 9.17) is 13.9 Å². The SMILES string of the molecule is CCCNCc1cc(COCCC(C)(C)OC)c(C)o1. The molecule has 1 aromatic rings. The maximum Gasteiger partial charge on any atom is 0.118 e. The summed E-state index contributed by atoms with van der Waals surface area (Å²) in [6, 6.07) is 2.08. The van der Waals surface area contributed by atoms with Gasteiger partial charge in [0.05, 0.1) is 18.8 Å². The van der Waals surface area contributed by atoms with Gasteiger partial charge in [-0.1, -0.05) is 6.92 Å². The van der Waals surface area contributed by atoms with E-state index in [0.29, 0.717) is 13.2 Å². The Morgan fingerprint density at radius 2 is 2.10 bits per heavy atom. The smallest absolute Gasteiger partial charge is 0.118 e. The Kier molecular flexibility index (Phi) is 7.27. The van der Waals surface area contributed by atoms with Crippen LogP contribution in [-0.2, 0) is 22.6 Å². The molecule has 0 aliphatic heterocycles. The number of nitrogens with one attached hydrogen (secondary N) is 1. The van der Waals surface area contributed by atoms with Crippen LogP contribution in [0, 0.1) is 6.92 Å². The number of methoxy groups -OCH3 is 1. The van der Waals surface area contributed by atoms with Crippen LogP contribution in [0.5, 0.6) is 0 Å². The third-order valence-corrected chi connectivity index (χ3v) is 3.46. The lowest BCUT2D eigenvalue weighted by molar-refractivity contribution is -0.0125. The van der Waals surface area contributed by atoms with Crippen LogP contribution >= 0.6 is 0 Å². The summed E-state index contributed by atoms with van der Waals surface area (Å²) < 4.78 is 16.8. The zero-order valence-electron chi connectivity index (χ0n) is 13.5. The zero-order valence-corrected chi connectivity index (χ0v) is 13.5. The average molecular weight is 283 g/mol. The van der Waals surface area contributed by atoms with Crippen molar-refractivity contribution >= 4 is 0 Å². The molecule has 0 spiro atoms. The molecule has 0 unspecified atom stereocenters. The van der Waals surface area contributed by atoms with Crippen LogP contribution in [0.2, 0.25) is 0 Å². The Morgan fingerprint density at radius 1 is 1.35 bits per heavy atom. The van der Waals surface area contributed by atoms with Gasteiger partial charge in [0.1, 0.15) is 11.5 Å². The standard InChI is InChI=1S/C16H29NO3/c1-6-8-17-11-15-10-14(13(2)20-15)12-19-9-7-16(3,4)18-5/h10,17H,6-9,11-12H2,1-5H3. The highest BCUT2D eigenvalue weighted by Gasteiger charge is 2.16. The van der Waals surface area contributed by atoms with Crippen LogP contribution in [-0.4, -0.2) is 25.9 Å². The van der Waals surface area contributed by atoms with E-state index in [2.05, 4.69) is 32.2 Å². The van der Waals surface area contributed by atoms with Crippen LogP contribution in [0.4, 0.5) is 0 Å². The Hall–Kier alpha value is -0.840. The van der Waals surface area contributed by atoms with E-state index in [0.717, 1.165) is 43.0 Å². The van der Waals surface area contributed by atoms with Crippen molar-refractivity contribution in [3.63, 3.8) is 0 Å². The number of hydrogen-bond donors (Lipinski definition) is 1. The zero-order chi connectivity index (χ0) is 15.0. The van der Waals surface area contributed by atoms with Crippen LogP contribution in [0.1, 0.15) is 50.7 Å². The molecule has 0 bridgehead atoms. The van der Waals surface area contributed by atoms with Gasteiger partial charge in [0.2, 0.25) is 0 Å². The summed E-state index contributed by atoms with van der Waals surface area (Å²) in [6.45, 7) is 11.4. The predicted molar refractivity (Wildman–Crippen MR) is 80.8 cm³/mol. The Labute approximate surface area is 122 Å². The van der Waals surface area contributed by atoms with Gasteiger partial charge >= 0.3 is 0 Å². The Bertz CT molecular complexity index is 385. The molecule has 1 rings (SSSR count). The fourth-order valence-corrected chi connectivity index (χ4v) is 1.81. The molecule has 0 radical (unpaired) electrons. The first-order valence-corrected chi connectivity index (χ1v) is 7.40. The highest BCUT2D eigenvalue weighted by atomic mass is 16.5. The maximum absolute atomic E-state index is 5.72. The third kappa shape index (κ3) is 6.07. The molecule has 0 aliphatic carbocycles. The van der Waals surface area contributed by atoms with Crippen molar-refractivity contribution in [3.05, 3.63) is 23.2 Å². The van der Waals surface area contributed by atoms with Crippen molar-refractivity contribution in [1.29, 1.82) is 0 Å². The first kappa shape index (κ1) is 17.2. The first-order chi connectivity index (χ1) is 9.48. The molecule has 0 saturated heterocycles. The molecule has 1 aromatic heterocycles. The Morgan fingerprint density at radius 3 is 2.75 bits per heavy atom. The molecule has 0 aliphatic rings. The normalized spacial score (nSPS) is 12.1. The molecule has 1 heterocycles. The molecule has 20 heavy (non-hydrogen) atoms. The molecular weight excluding hydrogens is 254 g/mol. The summed E-state index contributed by atoms with van der Waals surface area (Å²) in [5.41, 5.74) is 1.01. The van der Waals surface area contributed by atoms with E-state index in [1.54, 1.807) is 7.11 Å². The van der Waals surface area contributed by atoms with E-state index in [1.807, 2.05) is 6.92 Å². The Balaban J connectivity index is 2.33. The quantitative estimate of drug-likeness (QED) is 0.668. The minimum Gasteiger partial charge on any atom is -0.465 e. The van der Waals surface area contributed by atoms with Gasteiger partial charge in [-0.05, 0) is 46.2 Å². The van der Waals surface area contributed by atoms with E-state index in [-0.39, 0.29) is 5.60 Å². The van der Waals surface area contributed by atoms with Crippen molar-refractivity contribution < 1.29 is 13.9 Å². The lowest BCUT2D eigenvalue weighted by Crippen LogP contribution is -2.24. The van der Waals surface area contributed by atoms with Crippen LogP contribution in [0.3, 0.4) is 0 Å². The number of furan rings is 1.